The van der Waals surface area contributed by atoms with Crippen LogP contribution in [-0.2, 0) is 11.2 Å². The van der Waals surface area contributed by atoms with E-state index in [1.54, 1.807) is 41.3 Å². The number of carbonyl (C=O) groups is 2. The van der Waals surface area contributed by atoms with Crippen molar-refractivity contribution in [2.24, 2.45) is 0 Å². The van der Waals surface area contributed by atoms with Crippen molar-refractivity contribution in [3.05, 3.63) is 82.9 Å². The number of para-hydroxylation sites is 1. The SMILES string of the molecule is COc1cc(OC)c(NC(=O)C2Cc3ccccc3N2C(=O)c2ccccc2)cc1Cl. The molecule has 1 unspecified atom stereocenters. The molecule has 0 aliphatic carbocycles. The summed E-state index contributed by atoms with van der Waals surface area (Å²) in [6.07, 6.45) is 0.410. The number of methoxy groups -OCH3 is 2. The maximum Gasteiger partial charge on any atom is 0.259 e. The molecule has 0 bridgehead atoms. The number of carbonyl (C=O) groups excluding carboxylic acids is 2. The van der Waals surface area contributed by atoms with E-state index in [-0.39, 0.29) is 11.8 Å². The molecule has 0 spiro atoms. The number of halogens is 1. The van der Waals surface area contributed by atoms with Crippen LogP contribution in [-0.4, -0.2) is 32.1 Å². The Morgan fingerprint density at radius 3 is 2.35 bits per heavy atom. The summed E-state index contributed by atoms with van der Waals surface area (Å²) in [5.41, 5.74) is 2.59. The smallest absolute Gasteiger partial charge is 0.259 e. The molecule has 0 saturated carbocycles. The standard InChI is InChI=1S/C24H21ClN2O4/c1-30-21-14-22(31-2)18(13-17(21)25)26-23(28)20-12-16-10-6-7-11-19(16)27(20)24(29)15-8-4-3-5-9-15/h3-11,13-14,20H,12H2,1-2H3,(H,26,28). The Morgan fingerprint density at radius 1 is 0.968 bits per heavy atom. The van der Waals surface area contributed by atoms with Gasteiger partial charge in [0, 0.05) is 23.7 Å². The topological polar surface area (TPSA) is 67.9 Å². The Bertz CT molecular complexity index is 1130. The zero-order chi connectivity index (χ0) is 22.0. The van der Waals surface area contributed by atoms with Crippen molar-refractivity contribution in [2.45, 2.75) is 12.5 Å². The minimum atomic E-state index is -0.712. The van der Waals surface area contributed by atoms with Crippen molar-refractivity contribution in [1.82, 2.24) is 0 Å². The predicted octanol–water partition coefficient (Wildman–Crippen LogP) is 4.57. The number of rotatable bonds is 5. The summed E-state index contributed by atoms with van der Waals surface area (Å²) in [4.78, 5) is 28.2. The van der Waals surface area contributed by atoms with Crippen molar-refractivity contribution in [3.63, 3.8) is 0 Å². The van der Waals surface area contributed by atoms with Crippen LogP contribution in [0.15, 0.2) is 66.7 Å². The highest BCUT2D eigenvalue weighted by Crippen LogP contribution is 2.38. The highest BCUT2D eigenvalue weighted by atomic mass is 35.5. The Balaban J connectivity index is 1.67. The zero-order valence-electron chi connectivity index (χ0n) is 17.1. The summed E-state index contributed by atoms with van der Waals surface area (Å²) in [7, 11) is 3.00. The summed E-state index contributed by atoms with van der Waals surface area (Å²) < 4.78 is 10.6. The van der Waals surface area contributed by atoms with Crippen molar-refractivity contribution < 1.29 is 19.1 Å². The van der Waals surface area contributed by atoms with E-state index in [0.717, 1.165) is 11.3 Å². The van der Waals surface area contributed by atoms with E-state index in [2.05, 4.69) is 5.32 Å². The second kappa shape index (κ2) is 8.70. The number of ether oxygens (including phenoxy) is 2. The van der Waals surface area contributed by atoms with E-state index in [1.807, 2.05) is 30.3 Å². The van der Waals surface area contributed by atoms with Gasteiger partial charge < -0.3 is 14.8 Å². The molecule has 0 aromatic heterocycles. The van der Waals surface area contributed by atoms with Gasteiger partial charge in [-0.15, -0.1) is 0 Å². The molecule has 6 nitrogen and oxygen atoms in total. The fraction of sp³-hybridized carbons (Fsp3) is 0.167. The van der Waals surface area contributed by atoms with E-state index in [4.69, 9.17) is 21.1 Å². The molecule has 4 rings (SSSR count). The van der Waals surface area contributed by atoms with Gasteiger partial charge in [-0.3, -0.25) is 14.5 Å². The Morgan fingerprint density at radius 2 is 1.65 bits per heavy atom. The lowest BCUT2D eigenvalue weighted by molar-refractivity contribution is -0.117. The predicted molar refractivity (Wildman–Crippen MR) is 120 cm³/mol. The van der Waals surface area contributed by atoms with Gasteiger partial charge in [-0.25, -0.2) is 0 Å². The number of nitrogens with zero attached hydrogens (tertiary/aromatic N) is 1. The highest BCUT2D eigenvalue weighted by Gasteiger charge is 2.38. The molecular formula is C24H21ClN2O4. The summed E-state index contributed by atoms with van der Waals surface area (Å²) in [6.45, 7) is 0. The third-order valence-electron chi connectivity index (χ3n) is 5.25. The monoisotopic (exact) mass is 436 g/mol. The normalized spacial score (nSPS) is 14.7. The second-order valence-corrected chi connectivity index (χ2v) is 7.47. The number of nitrogens with one attached hydrogen (secondary N) is 1. The molecule has 3 aromatic carbocycles. The van der Waals surface area contributed by atoms with Gasteiger partial charge in [0.25, 0.3) is 5.91 Å². The van der Waals surface area contributed by atoms with Gasteiger partial charge >= 0.3 is 0 Å². The summed E-state index contributed by atoms with van der Waals surface area (Å²) in [5.74, 6) is 0.280. The van der Waals surface area contributed by atoms with Gasteiger partial charge in [-0.05, 0) is 29.8 Å². The van der Waals surface area contributed by atoms with E-state index >= 15 is 0 Å². The summed E-state index contributed by atoms with van der Waals surface area (Å²) in [6, 6.07) is 18.9. The van der Waals surface area contributed by atoms with Crippen LogP contribution in [0.4, 0.5) is 11.4 Å². The lowest BCUT2D eigenvalue weighted by Gasteiger charge is -2.25. The first-order valence-corrected chi connectivity index (χ1v) is 10.1. The first-order chi connectivity index (χ1) is 15.0. The van der Waals surface area contributed by atoms with Crippen molar-refractivity contribution in [2.75, 3.05) is 24.4 Å². The average Bonchev–Trinajstić information content (AvgIpc) is 3.19. The molecule has 1 atom stereocenters. The van der Waals surface area contributed by atoms with Crippen LogP contribution in [0.2, 0.25) is 5.02 Å². The van der Waals surface area contributed by atoms with E-state index in [0.29, 0.717) is 34.2 Å². The Labute approximate surface area is 185 Å². The second-order valence-electron chi connectivity index (χ2n) is 7.07. The number of hydrogen-bond donors (Lipinski definition) is 1. The Kier molecular flexibility index (Phi) is 5.82. The molecule has 1 N–H and O–H groups in total. The minimum absolute atomic E-state index is 0.231. The zero-order valence-corrected chi connectivity index (χ0v) is 17.8. The first-order valence-electron chi connectivity index (χ1n) is 9.72. The van der Waals surface area contributed by atoms with Crippen LogP contribution in [0.25, 0.3) is 0 Å². The molecule has 1 aliphatic rings. The fourth-order valence-corrected chi connectivity index (χ4v) is 3.98. The maximum atomic E-state index is 13.3. The molecule has 0 radical (unpaired) electrons. The minimum Gasteiger partial charge on any atom is -0.495 e. The van der Waals surface area contributed by atoms with Gasteiger partial charge in [0.2, 0.25) is 5.91 Å². The van der Waals surface area contributed by atoms with Crippen molar-refractivity contribution >= 4 is 34.8 Å². The van der Waals surface area contributed by atoms with Crippen LogP contribution in [0.1, 0.15) is 15.9 Å². The summed E-state index contributed by atoms with van der Waals surface area (Å²) >= 11 is 6.24. The van der Waals surface area contributed by atoms with Crippen molar-refractivity contribution in [3.8, 4) is 11.5 Å². The lowest BCUT2D eigenvalue weighted by Crippen LogP contribution is -2.45. The van der Waals surface area contributed by atoms with Crippen LogP contribution in [0.5, 0.6) is 11.5 Å². The fourth-order valence-electron chi connectivity index (χ4n) is 3.74. The molecule has 1 aliphatic heterocycles. The number of hydrogen-bond acceptors (Lipinski definition) is 4. The molecule has 3 aromatic rings. The first kappa shape index (κ1) is 20.8. The molecule has 0 saturated heterocycles. The van der Waals surface area contributed by atoms with E-state index < -0.39 is 6.04 Å². The average molecular weight is 437 g/mol. The van der Waals surface area contributed by atoms with Crippen LogP contribution in [0.3, 0.4) is 0 Å². The van der Waals surface area contributed by atoms with Gasteiger partial charge in [0.1, 0.15) is 17.5 Å². The number of amides is 2. The van der Waals surface area contributed by atoms with Gasteiger partial charge in [0.15, 0.2) is 0 Å². The quantitative estimate of drug-likeness (QED) is 0.636. The largest absolute Gasteiger partial charge is 0.495 e. The third kappa shape index (κ3) is 3.94. The van der Waals surface area contributed by atoms with Crippen LogP contribution < -0.4 is 19.7 Å². The molecular weight excluding hydrogens is 416 g/mol. The van der Waals surface area contributed by atoms with E-state index in [9.17, 15) is 9.59 Å². The molecule has 158 valence electrons. The molecule has 7 heteroatoms. The lowest BCUT2D eigenvalue weighted by atomic mass is 10.1. The highest BCUT2D eigenvalue weighted by molar-refractivity contribution is 6.32. The Hall–Kier alpha value is -3.51. The van der Waals surface area contributed by atoms with Gasteiger partial charge in [-0.2, -0.15) is 0 Å². The summed E-state index contributed by atoms with van der Waals surface area (Å²) in [5, 5.41) is 3.21. The maximum absolute atomic E-state index is 13.3. The van der Waals surface area contributed by atoms with Gasteiger partial charge in [-0.1, -0.05) is 48.0 Å². The molecule has 31 heavy (non-hydrogen) atoms. The number of anilines is 2. The van der Waals surface area contributed by atoms with Gasteiger partial charge in [0.05, 0.1) is 24.9 Å². The molecule has 2 amide bonds. The number of fused-ring (bicyclic) bond motifs is 1. The molecule has 0 fully saturated rings. The van der Waals surface area contributed by atoms with Crippen molar-refractivity contribution in [1.29, 1.82) is 0 Å². The number of benzene rings is 3. The third-order valence-corrected chi connectivity index (χ3v) is 5.55. The van der Waals surface area contributed by atoms with Crippen LogP contribution in [0, 0.1) is 0 Å². The van der Waals surface area contributed by atoms with E-state index in [1.165, 1.54) is 14.2 Å². The molecule has 1 heterocycles. The van der Waals surface area contributed by atoms with Crippen LogP contribution >= 0.6 is 11.6 Å².